The van der Waals surface area contributed by atoms with Crippen LogP contribution in [0.4, 0.5) is 5.69 Å². The van der Waals surface area contributed by atoms with E-state index in [2.05, 4.69) is 10.6 Å². The van der Waals surface area contributed by atoms with Gasteiger partial charge in [-0.3, -0.25) is 9.59 Å². The lowest BCUT2D eigenvalue weighted by Gasteiger charge is -2.17. The number of halogens is 1. The first-order chi connectivity index (χ1) is 17.0. The number of rotatable bonds is 8. The second-order valence-corrected chi connectivity index (χ2v) is 8.45. The van der Waals surface area contributed by atoms with Crippen LogP contribution in [0.5, 0.6) is 5.75 Å². The van der Waals surface area contributed by atoms with Crippen LogP contribution < -0.4 is 15.4 Å². The van der Waals surface area contributed by atoms with E-state index in [0.29, 0.717) is 27.6 Å². The number of hydrogen-bond donors (Lipinski definition) is 2. The zero-order chi connectivity index (χ0) is 24.6. The molecule has 0 aliphatic heterocycles. The Balaban J connectivity index is 1.48. The first kappa shape index (κ1) is 24.0. The first-order valence-electron chi connectivity index (χ1n) is 11.2. The van der Waals surface area contributed by atoms with Gasteiger partial charge in [0.25, 0.3) is 11.8 Å². The van der Waals surface area contributed by atoms with Gasteiger partial charge in [0.2, 0.25) is 0 Å². The number of benzene rings is 4. The molecule has 0 bridgehead atoms. The highest BCUT2D eigenvalue weighted by atomic mass is 35.5. The minimum Gasteiger partial charge on any atom is -0.488 e. The van der Waals surface area contributed by atoms with E-state index in [9.17, 15) is 9.59 Å². The Kier molecular flexibility index (Phi) is 7.81. The summed E-state index contributed by atoms with van der Waals surface area (Å²) in [6, 6.07) is 30.8. The van der Waals surface area contributed by atoms with Crippen LogP contribution in [0.15, 0.2) is 103 Å². The van der Waals surface area contributed by atoms with E-state index in [0.717, 1.165) is 11.1 Å². The van der Waals surface area contributed by atoms with E-state index in [4.69, 9.17) is 16.3 Å². The molecule has 0 radical (unpaired) electrons. The molecule has 2 N–H and O–H groups in total. The summed E-state index contributed by atoms with van der Waals surface area (Å²) < 4.78 is 5.92. The maximum Gasteiger partial charge on any atom is 0.259 e. The van der Waals surface area contributed by atoms with E-state index in [1.54, 1.807) is 60.7 Å². The van der Waals surface area contributed by atoms with E-state index < -0.39 is 0 Å². The molecule has 0 unspecified atom stereocenters. The molecule has 0 aromatic heterocycles. The van der Waals surface area contributed by atoms with E-state index in [1.807, 2.05) is 49.4 Å². The molecule has 2 amide bonds. The number of amides is 2. The van der Waals surface area contributed by atoms with Gasteiger partial charge >= 0.3 is 0 Å². The van der Waals surface area contributed by atoms with Crippen molar-refractivity contribution >= 4 is 29.1 Å². The molecular formula is C29H25ClN2O3. The van der Waals surface area contributed by atoms with Gasteiger partial charge in [0.15, 0.2) is 0 Å². The summed E-state index contributed by atoms with van der Waals surface area (Å²) >= 11 is 5.94. The fourth-order valence-corrected chi connectivity index (χ4v) is 3.73. The number of ether oxygens (including phenoxy) is 1. The molecule has 0 aliphatic rings. The Morgan fingerprint density at radius 3 is 2.14 bits per heavy atom. The monoisotopic (exact) mass is 484 g/mol. The highest BCUT2D eigenvalue weighted by Crippen LogP contribution is 2.23. The van der Waals surface area contributed by atoms with Crippen LogP contribution in [0, 0.1) is 0 Å². The van der Waals surface area contributed by atoms with Crippen molar-refractivity contribution in [2.45, 2.75) is 19.6 Å². The van der Waals surface area contributed by atoms with Crippen molar-refractivity contribution in [1.29, 1.82) is 0 Å². The second kappa shape index (κ2) is 11.4. The molecule has 5 nitrogen and oxygen atoms in total. The van der Waals surface area contributed by atoms with Gasteiger partial charge in [0.1, 0.15) is 12.4 Å². The van der Waals surface area contributed by atoms with E-state index in [-0.39, 0.29) is 24.5 Å². The maximum atomic E-state index is 13.2. The van der Waals surface area contributed by atoms with Gasteiger partial charge in [-0.1, -0.05) is 78.3 Å². The molecule has 0 saturated carbocycles. The van der Waals surface area contributed by atoms with Gasteiger partial charge in [-0.15, -0.1) is 0 Å². The summed E-state index contributed by atoms with van der Waals surface area (Å²) in [5.74, 6) is -0.197. The van der Waals surface area contributed by atoms with E-state index >= 15 is 0 Å². The molecule has 6 heteroatoms. The zero-order valence-corrected chi connectivity index (χ0v) is 20.0. The highest BCUT2D eigenvalue weighted by Gasteiger charge is 2.18. The number of anilines is 1. The van der Waals surface area contributed by atoms with Crippen molar-refractivity contribution in [2.24, 2.45) is 0 Å². The Morgan fingerprint density at radius 2 is 1.40 bits per heavy atom. The number of carbonyl (C=O) groups excluding carboxylic acids is 2. The minimum atomic E-state index is -0.368. The third-order valence-electron chi connectivity index (χ3n) is 5.51. The van der Waals surface area contributed by atoms with Crippen LogP contribution in [0.1, 0.15) is 44.8 Å². The number of hydrogen-bond acceptors (Lipinski definition) is 3. The second-order valence-electron chi connectivity index (χ2n) is 8.02. The fraction of sp³-hybridized carbons (Fsp3) is 0.103. The summed E-state index contributed by atoms with van der Waals surface area (Å²) in [5, 5.41) is 6.51. The maximum absolute atomic E-state index is 13.2. The van der Waals surface area contributed by atoms with Crippen molar-refractivity contribution in [3.8, 4) is 5.75 Å². The minimum absolute atomic E-state index is 0.186. The number of para-hydroxylation sites is 2. The molecule has 4 aromatic carbocycles. The van der Waals surface area contributed by atoms with Gasteiger partial charge in [0.05, 0.1) is 22.9 Å². The topological polar surface area (TPSA) is 67.4 Å². The van der Waals surface area contributed by atoms with Gasteiger partial charge < -0.3 is 15.4 Å². The molecule has 1 atom stereocenters. The van der Waals surface area contributed by atoms with Crippen molar-refractivity contribution < 1.29 is 14.3 Å². The van der Waals surface area contributed by atoms with Crippen LogP contribution in [0.3, 0.4) is 0 Å². The predicted molar refractivity (Wildman–Crippen MR) is 139 cm³/mol. The van der Waals surface area contributed by atoms with Gasteiger partial charge in [-0.05, 0) is 54.4 Å². The Labute approximate surface area is 209 Å². The molecule has 35 heavy (non-hydrogen) atoms. The van der Waals surface area contributed by atoms with Gasteiger partial charge in [0, 0.05) is 5.02 Å². The molecular weight excluding hydrogens is 460 g/mol. The summed E-state index contributed by atoms with van der Waals surface area (Å²) in [6.07, 6.45) is 0. The van der Waals surface area contributed by atoms with Crippen LogP contribution in [-0.4, -0.2) is 11.8 Å². The summed E-state index contributed by atoms with van der Waals surface area (Å²) in [6.45, 7) is 2.21. The van der Waals surface area contributed by atoms with Crippen molar-refractivity contribution in [1.82, 2.24) is 5.32 Å². The lowest BCUT2D eigenvalue weighted by atomic mass is 10.1. The van der Waals surface area contributed by atoms with Crippen LogP contribution in [0.2, 0.25) is 5.02 Å². The Hall–Kier alpha value is -4.09. The standard InChI is InChI=1S/C29H25ClN2O3/c1-20(22-9-3-2-4-10-22)31-28(33)24-11-5-7-13-26(24)32-29(34)25-12-6-8-14-27(25)35-19-21-15-17-23(30)18-16-21/h2-18,20H,19H2,1H3,(H,31,33)(H,32,34)/t20-/m0/s1. The summed E-state index contributed by atoms with van der Waals surface area (Å²) in [4.78, 5) is 26.2. The third kappa shape index (κ3) is 6.28. The van der Waals surface area contributed by atoms with Crippen molar-refractivity contribution in [3.05, 3.63) is 130 Å². The highest BCUT2D eigenvalue weighted by molar-refractivity contribution is 6.30. The molecule has 4 rings (SSSR count). The number of nitrogens with one attached hydrogen (secondary N) is 2. The Morgan fingerprint density at radius 1 is 0.771 bits per heavy atom. The first-order valence-corrected chi connectivity index (χ1v) is 11.6. The average Bonchev–Trinajstić information content (AvgIpc) is 2.89. The van der Waals surface area contributed by atoms with Gasteiger partial charge in [-0.25, -0.2) is 0 Å². The molecule has 0 aliphatic carbocycles. The van der Waals surface area contributed by atoms with Crippen LogP contribution in [0.25, 0.3) is 0 Å². The smallest absolute Gasteiger partial charge is 0.259 e. The third-order valence-corrected chi connectivity index (χ3v) is 5.76. The van der Waals surface area contributed by atoms with E-state index in [1.165, 1.54) is 0 Å². The molecule has 0 fully saturated rings. The predicted octanol–water partition coefficient (Wildman–Crippen LogP) is 6.66. The lowest BCUT2D eigenvalue weighted by Crippen LogP contribution is -2.28. The molecule has 176 valence electrons. The molecule has 0 saturated heterocycles. The molecule has 0 spiro atoms. The normalized spacial score (nSPS) is 11.4. The summed E-state index contributed by atoms with van der Waals surface area (Å²) in [7, 11) is 0. The van der Waals surface area contributed by atoms with Crippen LogP contribution >= 0.6 is 11.6 Å². The average molecular weight is 485 g/mol. The van der Waals surface area contributed by atoms with Gasteiger partial charge in [-0.2, -0.15) is 0 Å². The van der Waals surface area contributed by atoms with Crippen molar-refractivity contribution in [3.63, 3.8) is 0 Å². The van der Waals surface area contributed by atoms with Crippen molar-refractivity contribution in [2.75, 3.05) is 5.32 Å². The van der Waals surface area contributed by atoms with Crippen LogP contribution in [-0.2, 0) is 6.61 Å². The molecule has 4 aromatic rings. The number of carbonyl (C=O) groups is 2. The molecule has 0 heterocycles. The SMILES string of the molecule is C[C@H](NC(=O)c1ccccc1NC(=O)c1ccccc1OCc1ccc(Cl)cc1)c1ccccc1. The lowest BCUT2D eigenvalue weighted by molar-refractivity contribution is 0.0940. The summed E-state index contributed by atoms with van der Waals surface area (Å²) in [5.41, 5.74) is 3.09. The largest absolute Gasteiger partial charge is 0.488 e. The quantitative estimate of drug-likeness (QED) is 0.294. The fourth-order valence-electron chi connectivity index (χ4n) is 3.60. The Bertz CT molecular complexity index is 1310. The zero-order valence-electron chi connectivity index (χ0n) is 19.2.